The van der Waals surface area contributed by atoms with Gasteiger partial charge in [-0.15, -0.1) is 0 Å². The number of nitrogens with one attached hydrogen (secondary N) is 1. The predicted octanol–water partition coefficient (Wildman–Crippen LogP) is 3.41. The largest absolute Gasteiger partial charge is 0.374 e. The molecule has 1 N–H and O–H groups in total. The van der Waals surface area contributed by atoms with E-state index in [-0.39, 0.29) is 12.6 Å². The van der Waals surface area contributed by atoms with Crippen LogP contribution in [-0.4, -0.2) is 21.6 Å². The molecule has 0 aliphatic rings. The van der Waals surface area contributed by atoms with Gasteiger partial charge in [0.25, 0.3) is 0 Å². The minimum absolute atomic E-state index is 0.0979. The molecule has 2 rings (SSSR count). The second-order valence-corrected chi connectivity index (χ2v) is 6.99. The van der Waals surface area contributed by atoms with Crippen LogP contribution in [-0.2, 0) is 14.8 Å². The molecule has 7 heteroatoms. The highest BCUT2D eigenvalue weighted by Crippen LogP contribution is 2.17. The molecule has 24 heavy (non-hydrogen) atoms. The van der Waals surface area contributed by atoms with Crippen molar-refractivity contribution < 1.29 is 21.9 Å². The Morgan fingerprint density at radius 2 is 1.83 bits per heavy atom. The molecular weight excluding hydrogens is 336 g/mol. The first-order valence-electron chi connectivity index (χ1n) is 7.51. The van der Waals surface area contributed by atoms with Gasteiger partial charge in [0, 0.05) is 19.2 Å². The highest BCUT2D eigenvalue weighted by molar-refractivity contribution is 7.89. The van der Waals surface area contributed by atoms with E-state index in [0.29, 0.717) is 19.1 Å². The average molecular weight is 355 g/mol. The maximum absolute atomic E-state index is 13.5. The van der Waals surface area contributed by atoms with Crippen LogP contribution in [0.4, 0.5) is 8.78 Å². The second-order valence-electron chi connectivity index (χ2n) is 5.25. The molecule has 1 unspecified atom stereocenters. The molecule has 0 amide bonds. The zero-order valence-corrected chi connectivity index (χ0v) is 14.0. The molecule has 0 aliphatic carbocycles. The molecule has 0 saturated carbocycles. The van der Waals surface area contributed by atoms with E-state index in [9.17, 15) is 17.2 Å². The molecule has 0 aliphatic heterocycles. The Labute approximate surface area is 140 Å². The summed E-state index contributed by atoms with van der Waals surface area (Å²) in [7, 11) is -4.01. The number of sulfonamides is 1. The molecule has 0 spiro atoms. The summed E-state index contributed by atoms with van der Waals surface area (Å²) in [4.78, 5) is -0.567. The minimum atomic E-state index is -4.01. The molecule has 4 nitrogen and oxygen atoms in total. The van der Waals surface area contributed by atoms with Crippen molar-refractivity contribution in [3.63, 3.8) is 0 Å². The van der Waals surface area contributed by atoms with Crippen LogP contribution in [0.5, 0.6) is 0 Å². The number of benzene rings is 2. The zero-order valence-electron chi connectivity index (χ0n) is 13.2. The van der Waals surface area contributed by atoms with Crippen molar-refractivity contribution in [3.05, 3.63) is 65.7 Å². The van der Waals surface area contributed by atoms with Gasteiger partial charge in [-0.1, -0.05) is 30.3 Å². The summed E-state index contributed by atoms with van der Waals surface area (Å²) in [6.45, 7) is 2.36. The lowest BCUT2D eigenvalue weighted by atomic mass is 10.1. The van der Waals surface area contributed by atoms with Crippen molar-refractivity contribution in [2.45, 2.75) is 24.3 Å². The highest BCUT2D eigenvalue weighted by atomic mass is 32.2. The fourth-order valence-corrected chi connectivity index (χ4v) is 3.26. The number of hydrogen-bond acceptors (Lipinski definition) is 3. The van der Waals surface area contributed by atoms with E-state index in [1.54, 1.807) is 0 Å². The summed E-state index contributed by atoms with van der Waals surface area (Å²) in [6, 6.07) is 12.0. The quantitative estimate of drug-likeness (QED) is 0.739. The Bertz CT molecular complexity index is 767. The molecule has 0 radical (unpaired) electrons. The maximum Gasteiger partial charge on any atom is 0.243 e. The van der Waals surface area contributed by atoms with Crippen molar-refractivity contribution in [3.8, 4) is 0 Å². The van der Waals surface area contributed by atoms with Gasteiger partial charge in [-0.2, -0.15) is 0 Å². The summed E-state index contributed by atoms with van der Waals surface area (Å²) >= 11 is 0. The third-order valence-corrected chi connectivity index (χ3v) is 4.93. The Balaban J connectivity index is 1.79. The number of hydrogen-bond donors (Lipinski definition) is 1. The van der Waals surface area contributed by atoms with Crippen LogP contribution in [0.15, 0.2) is 53.4 Å². The van der Waals surface area contributed by atoms with Gasteiger partial charge >= 0.3 is 0 Å². The van der Waals surface area contributed by atoms with Crippen LogP contribution < -0.4 is 4.72 Å². The lowest BCUT2D eigenvalue weighted by Gasteiger charge is -2.13. The molecule has 130 valence electrons. The van der Waals surface area contributed by atoms with Gasteiger partial charge < -0.3 is 4.74 Å². The van der Waals surface area contributed by atoms with Gasteiger partial charge in [-0.25, -0.2) is 21.9 Å². The summed E-state index contributed by atoms with van der Waals surface area (Å²) in [5.41, 5.74) is 1.03. The molecule has 0 heterocycles. The van der Waals surface area contributed by atoms with Crippen LogP contribution >= 0.6 is 0 Å². The summed E-state index contributed by atoms with van der Waals surface area (Å²) in [6.07, 6.45) is 0.330. The van der Waals surface area contributed by atoms with E-state index >= 15 is 0 Å². The molecule has 2 aromatic rings. The Morgan fingerprint density at radius 3 is 2.50 bits per heavy atom. The maximum atomic E-state index is 13.5. The molecule has 0 aromatic heterocycles. The van der Waals surface area contributed by atoms with Crippen molar-refractivity contribution in [1.29, 1.82) is 0 Å². The monoisotopic (exact) mass is 355 g/mol. The molecule has 0 fully saturated rings. The van der Waals surface area contributed by atoms with Crippen molar-refractivity contribution in [2.24, 2.45) is 0 Å². The van der Waals surface area contributed by atoms with Gasteiger partial charge in [0.1, 0.15) is 16.5 Å². The van der Waals surface area contributed by atoms with Crippen LogP contribution in [0.25, 0.3) is 0 Å². The second kappa shape index (κ2) is 8.32. The zero-order chi connectivity index (χ0) is 17.6. The number of rotatable bonds is 8. The summed E-state index contributed by atoms with van der Waals surface area (Å²) in [5.74, 6) is -1.94. The van der Waals surface area contributed by atoms with Gasteiger partial charge in [0.15, 0.2) is 0 Å². The Morgan fingerprint density at radius 1 is 1.12 bits per heavy atom. The standard InChI is InChI=1S/C17H19F2NO3S/c1-13(14-6-3-2-4-7-14)23-11-5-10-20-24(21,22)17-9-8-15(18)12-16(17)19/h2-4,6-9,12-13,20H,5,10-11H2,1H3. The van der Waals surface area contributed by atoms with E-state index in [1.165, 1.54) is 0 Å². The highest BCUT2D eigenvalue weighted by Gasteiger charge is 2.18. The first-order valence-corrected chi connectivity index (χ1v) is 9.00. The Kier molecular flexibility index (Phi) is 6.42. The van der Waals surface area contributed by atoms with E-state index in [4.69, 9.17) is 4.74 Å². The van der Waals surface area contributed by atoms with Gasteiger partial charge in [-0.3, -0.25) is 0 Å². The fraction of sp³-hybridized carbons (Fsp3) is 0.294. The number of ether oxygens (including phenoxy) is 1. The smallest absolute Gasteiger partial charge is 0.243 e. The van der Waals surface area contributed by atoms with Gasteiger partial charge in [0.05, 0.1) is 6.10 Å². The summed E-state index contributed by atoms with van der Waals surface area (Å²) < 4.78 is 58.2. The van der Waals surface area contributed by atoms with E-state index in [0.717, 1.165) is 17.7 Å². The van der Waals surface area contributed by atoms with E-state index < -0.39 is 26.6 Å². The van der Waals surface area contributed by atoms with Gasteiger partial charge in [0.2, 0.25) is 10.0 Å². The van der Waals surface area contributed by atoms with Crippen LogP contribution in [0.3, 0.4) is 0 Å². The van der Waals surface area contributed by atoms with Crippen LogP contribution in [0.1, 0.15) is 25.0 Å². The first kappa shape index (κ1) is 18.5. The first-order chi connectivity index (χ1) is 11.4. The van der Waals surface area contributed by atoms with Crippen molar-refractivity contribution in [1.82, 2.24) is 4.72 Å². The lowest BCUT2D eigenvalue weighted by Crippen LogP contribution is -2.26. The van der Waals surface area contributed by atoms with Crippen LogP contribution in [0.2, 0.25) is 0 Å². The topological polar surface area (TPSA) is 55.4 Å². The molecule has 0 bridgehead atoms. The minimum Gasteiger partial charge on any atom is -0.374 e. The van der Waals surface area contributed by atoms with Gasteiger partial charge in [-0.05, 0) is 31.0 Å². The van der Waals surface area contributed by atoms with E-state index in [1.807, 2.05) is 37.3 Å². The van der Waals surface area contributed by atoms with Crippen molar-refractivity contribution in [2.75, 3.05) is 13.2 Å². The third-order valence-electron chi connectivity index (χ3n) is 3.43. The Hall–Kier alpha value is -1.83. The fourth-order valence-electron chi connectivity index (χ4n) is 2.13. The SMILES string of the molecule is CC(OCCCNS(=O)(=O)c1ccc(F)cc1F)c1ccccc1. The summed E-state index contributed by atoms with van der Waals surface area (Å²) in [5, 5.41) is 0. The molecule has 2 aromatic carbocycles. The normalized spacial score (nSPS) is 13.0. The molecule has 0 saturated heterocycles. The number of halogens is 2. The predicted molar refractivity (Wildman–Crippen MR) is 87.0 cm³/mol. The third kappa shape index (κ3) is 5.09. The van der Waals surface area contributed by atoms with E-state index in [2.05, 4.69) is 4.72 Å². The molecular formula is C17H19F2NO3S. The molecule has 1 atom stereocenters. The van der Waals surface area contributed by atoms with Crippen LogP contribution in [0, 0.1) is 11.6 Å². The lowest BCUT2D eigenvalue weighted by molar-refractivity contribution is 0.0647. The average Bonchev–Trinajstić information content (AvgIpc) is 2.54. The van der Waals surface area contributed by atoms with Crippen molar-refractivity contribution >= 4 is 10.0 Å².